The Morgan fingerprint density at radius 2 is 2.27 bits per heavy atom. The molecule has 2 rings (SSSR count). The third kappa shape index (κ3) is 1.74. The van der Waals surface area contributed by atoms with E-state index in [9.17, 15) is 0 Å². The van der Waals surface area contributed by atoms with Gasteiger partial charge in [-0.2, -0.15) is 0 Å². The maximum atomic E-state index is 5.97. The molecular weight excluding hydrogens is 256 g/mol. The molecule has 0 radical (unpaired) electrons. The van der Waals surface area contributed by atoms with Gasteiger partial charge in [-0.1, -0.05) is 6.07 Å². The van der Waals surface area contributed by atoms with E-state index in [0.29, 0.717) is 5.69 Å². The molecule has 0 aliphatic heterocycles. The quantitative estimate of drug-likeness (QED) is 0.849. The molecule has 0 unspecified atom stereocenters. The SMILES string of the molecule is CCn1cnnc1-c1cccc(Br)c1N. The number of hydrogen-bond acceptors (Lipinski definition) is 3. The van der Waals surface area contributed by atoms with E-state index in [-0.39, 0.29) is 0 Å². The minimum atomic E-state index is 0.695. The van der Waals surface area contributed by atoms with Crippen molar-refractivity contribution >= 4 is 21.6 Å². The van der Waals surface area contributed by atoms with Gasteiger partial charge in [0.2, 0.25) is 0 Å². The van der Waals surface area contributed by atoms with Crippen molar-refractivity contribution in [3.8, 4) is 11.4 Å². The molecule has 1 aromatic heterocycles. The van der Waals surface area contributed by atoms with E-state index in [0.717, 1.165) is 22.4 Å². The summed E-state index contributed by atoms with van der Waals surface area (Å²) >= 11 is 3.40. The van der Waals surface area contributed by atoms with E-state index in [1.165, 1.54) is 0 Å². The number of anilines is 1. The topological polar surface area (TPSA) is 56.7 Å². The van der Waals surface area contributed by atoms with Gasteiger partial charge in [-0.25, -0.2) is 0 Å². The van der Waals surface area contributed by atoms with Crippen LogP contribution in [-0.4, -0.2) is 14.8 Å². The van der Waals surface area contributed by atoms with E-state index in [1.54, 1.807) is 6.33 Å². The van der Waals surface area contributed by atoms with Gasteiger partial charge < -0.3 is 10.3 Å². The molecule has 0 bridgehead atoms. The van der Waals surface area contributed by atoms with Crippen molar-refractivity contribution in [3.05, 3.63) is 29.0 Å². The first-order valence-corrected chi connectivity index (χ1v) is 5.45. The van der Waals surface area contributed by atoms with E-state index in [4.69, 9.17) is 5.73 Å². The summed E-state index contributed by atoms with van der Waals surface area (Å²) in [6.45, 7) is 2.87. The van der Waals surface area contributed by atoms with Crippen molar-refractivity contribution in [2.45, 2.75) is 13.5 Å². The molecule has 78 valence electrons. The van der Waals surface area contributed by atoms with Gasteiger partial charge in [-0.15, -0.1) is 10.2 Å². The summed E-state index contributed by atoms with van der Waals surface area (Å²) in [6.07, 6.45) is 1.70. The summed E-state index contributed by atoms with van der Waals surface area (Å²) < 4.78 is 2.84. The van der Waals surface area contributed by atoms with Gasteiger partial charge in [-0.3, -0.25) is 0 Å². The van der Waals surface area contributed by atoms with Crippen LogP contribution in [0.3, 0.4) is 0 Å². The van der Waals surface area contributed by atoms with Crippen LogP contribution in [0.15, 0.2) is 29.0 Å². The van der Waals surface area contributed by atoms with Crippen molar-refractivity contribution < 1.29 is 0 Å². The number of nitrogens with zero attached hydrogens (tertiary/aromatic N) is 3. The Kier molecular flexibility index (Phi) is 2.73. The number of rotatable bonds is 2. The Hall–Kier alpha value is -1.36. The van der Waals surface area contributed by atoms with Crippen molar-refractivity contribution in [2.75, 3.05) is 5.73 Å². The molecule has 0 spiro atoms. The smallest absolute Gasteiger partial charge is 0.165 e. The maximum Gasteiger partial charge on any atom is 0.165 e. The van der Waals surface area contributed by atoms with E-state index < -0.39 is 0 Å². The lowest BCUT2D eigenvalue weighted by molar-refractivity contribution is 0.767. The molecule has 5 heteroatoms. The molecule has 0 aliphatic carbocycles. The molecule has 1 heterocycles. The number of nitrogens with two attached hydrogens (primary N) is 1. The zero-order valence-corrected chi connectivity index (χ0v) is 9.90. The first kappa shape index (κ1) is 10.2. The number of aryl methyl sites for hydroxylation is 1. The normalized spacial score (nSPS) is 10.5. The second kappa shape index (κ2) is 4.02. The Bertz CT molecular complexity index is 478. The summed E-state index contributed by atoms with van der Waals surface area (Å²) in [4.78, 5) is 0. The average Bonchev–Trinajstić information content (AvgIpc) is 2.70. The zero-order valence-electron chi connectivity index (χ0n) is 8.31. The lowest BCUT2D eigenvalue weighted by atomic mass is 10.1. The molecule has 4 nitrogen and oxygen atoms in total. The van der Waals surface area contributed by atoms with Crippen LogP contribution in [0, 0.1) is 0 Å². The molecule has 15 heavy (non-hydrogen) atoms. The molecule has 0 saturated heterocycles. The van der Waals surface area contributed by atoms with Gasteiger partial charge in [0.15, 0.2) is 5.82 Å². The number of benzene rings is 1. The Labute approximate surface area is 96.3 Å². The molecule has 0 fully saturated rings. The van der Waals surface area contributed by atoms with Gasteiger partial charge in [0.25, 0.3) is 0 Å². The lowest BCUT2D eigenvalue weighted by Gasteiger charge is -2.07. The van der Waals surface area contributed by atoms with Crippen LogP contribution < -0.4 is 5.73 Å². The van der Waals surface area contributed by atoms with Crippen LogP contribution in [0.5, 0.6) is 0 Å². The third-order valence-corrected chi connectivity index (χ3v) is 2.94. The molecule has 2 N–H and O–H groups in total. The van der Waals surface area contributed by atoms with Crippen LogP contribution in [0.4, 0.5) is 5.69 Å². The van der Waals surface area contributed by atoms with Crippen LogP contribution in [0.2, 0.25) is 0 Å². The highest BCUT2D eigenvalue weighted by atomic mass is 79.9. The summed E-state index contributed by atoms with van der Waals surface area (Å²) in [5.41, 5.74) is 7.57. The fraction of sp³-hybridized carbons (Fsp3) is 0.200. The van der Waals surface area contributed by atoms with Gasteiger partial charge in [-0.05, 0) is 35.0 Å². The maximum absolute atomic E-state index is 5.97. The molecule has 0 atom stereocenters. The Morgan fingerprint density at radius 1 is 1.47 bits per heavy atom. The Balaban J connectivity index is 2.59. The van der Waals surface area contributed by atoms with Crippen LogP contribution in [-0.2, 0) is 6.54 Å². The predicted molar refractivity (Wildman–Crippen MR) is 63.2 cm³/mol. The van der Waals surface area contributed by atoms with Crippen molar-refractivity contribution in [2.24, 2.45) is 0 Å². The second-order valence-electron chi connectivity index (χ2n) is 3.14. The average molecular weight is 267 g/mol. The number of para-hydroxylation sites is 1. The number of halogens is 1. The first-order chi connectivity index (χ1) is 7.24. The van der Waals surface area contributed by atoms with Crippen molar-refractivity contribution in [3.63, 3.8) is 0 Å². The standard InChI is InChI=1S/C10H11BrN4/c1-2-15-6-13-14-10(15)7-4-3-5-8(11)9(7)12/h3-6H,2,12H2,1H3. The van der Waals surface area contributed by atoms with Crippen LogP contribution >= 0.6 is 15.9 Å². The van der Waals surface area contributed by atoms with Crippen molar-refractivity contribution in [1.29, 1.82) is 0 Å². The van der Waals surface area contributed by atoms with Gasteiger partial charge in [0, 0.05) is 16.6 Å². The van der Waals surface area contributed by atoms with E-state index in [2.05, 4.69) is 26.1 Å². The van der Waals surface area contributed by atoms with Gasteiger partial charge in [0.1, 0.15) is 6.33 Å². The summed E-state index contributed by atoms with van der Waals surface area (Å²) in [5.74, 6) is 0.802. The highest BCUT2D eigenvalue weighted by Gasteiger charge is 2.10. The Morgan fingerprint density at radius 3 is 3.00 bits per heavy atom. The van der Waals surface area contributed by atoms with Crippen LogP contribution in [0.1, 0.15) is 6.92 Å². The third-order valence-electron chi connectivity index (χ3n) is 2.25. The molecule has 0 aliphatic rings. The highest BCUT2D eigenvalue weighted by molar-refractivity contribution is 9.10. The number of hydrogen-bond donors (Lipinski definition) is 1. The predicted octanol–water partition coefficient (Wildman–Crippen LogP) is 2.31. The van der Waals surface area contributed by atoms with E-state index in [1.807, 2.05) is 29.7 Å². The van der Waals surface area contributed by atoms with E-state index >= 15 is 0 Å². The summed E-state index contributed by atoms with van der Waals surface area (Å²) in [6, 6.07) is 5.78. The van der Waals surface area contributed by atoms with Gasteiger partial charge >= 0.3 is 0 Å². The highest BCUT2D eigenvalue weighted by Crippen LogP contribution is 2.30. The summed E-state index contributed by atoms with van der Waals surface area (Å²) in [5, 5.41) is 7.95. The lowest BCUT2D eigenvalue weighted by Crippen LogP contribution is -1.99. The monoisotopic (exact) mass is 266 g/mol. The van der Waals surface area contributed by atoms with Gasteiger partial charge in [0.05, 0.1) is 5.69 Å². The summed E-state index contributed by atoms with van der Waals surface area (Å²) in [7, 11) is 0. The zero-order chi connectivity index (χ0) is 10.8. The molecule has 0 amide bonds. The van der Waals surface area contributed by atoms with Crippen molar-refractivity contribution in [1.82, 2.24) is 14.8 Å². The fourth-order valence-electron chi connectivity index (χ4n) is 1.43. The minimum Gasteiger partial charge on any atom is -0.397 e. The second-order valence-corrected chi connectivity index (χ2v) is 4.00. The molecule has 0 saturated carbocycles. The fourth-order valence-corrected chi connectivity index (χ4v) is 1.79. The number of aromatic nitrogens is 3. The number of nitrogen functional groups attached to an aromatic ring is 1. The first-order valence-electron chi connectivity index (χ1n) is 4.66. The van der Waals surface area contributed by atoms with Crippen LogP contribution in [0.25, 0.3) is 11.4 Å². The molecule has 1 aromatic carbocycles. The molecule has 2 aromatic rings. The largest absolute Gasteiger partial charge is 0.397 e. The minimum absolute atomic E-state index is 0.695. The molecular formula is C10H11BrN4.